The number of benzene rings is 1. The van der Waals surface area contributed by atoms with Gasteiger partial charge in [0.2, 0.25) is 0 Å². The Bertz CT molecular complexity index is 656. The van der Waals surface area contributed by atoms with E-state index in [9.17, 15) is 0 Å². The zero-order valence-electron chi connectivity index (χ0n) is 15.4. The van der Waals surface area contributed by atoms with Crippen LogP contribution in [0.1, 0.15) is 37.9 Å². The predicted octanol–water partition coefficient (Wildman–Crippen LogP) is 3.56. The molecular weight excluding hydrogens is 314 g/mol. The Labute approximate surface area is 150 Å². The van der Waals surface area contributed by atoms with E-state index in [0.29, 0.717) is 5.92 Å². The molecule has 136 valence electrons. The highest BCUT2D eigenvalue weighted by molar-refractivity contribution is 5.32. The van der Waals surface area contributed by atoms with Gasteiger partial charge in [-0.3, -0.25) is 0 Å². The zero-order chi connectivity index (χ0) is 17.5. The van der Waals surface area contributed by atoms with E-state index in [1.165, 1.54) is 25.2 Å². The van der Waals surface area contributed by atoms with Gasteiger partial charge in [-0.1, -0.05) is 6.07 Å². The maximum atomic E-state index is 5.85. The van der Waals surface area contributed by atoms with Crippen LogP contribution in [0, 0.1) is 0 Å². The molecule has 0 unspecified atom stereocenters. The van der Waals surface area contributed by atoms with Gasteiger partial charge in [0.1, 0.15) is 17.3 Å². The number of hydrogen-bond donors (Lipinski definition) is 0. The molecule has 0 aliphatic carbocycles. The number of aryl methyl sites for hydroxylation is 1. The number of piperidine rings is 1. The highest BCUT2D eigenvalue weighted by Crippen LogP contribution is 2.26. The Balaban J connectivity index is 1.44. The van der Waals surface area contributed by atoms with Gasteiger partial charge in [0.25, 0.3) is 0 Å². The molecule has 2 heterocycles. The summed E-state index contributed by atoms with van der Waals surface area (Å²) >= 11 is 0. The van der Waals surface area contributed by atoms with Gasteiger partial charge >= 0.3 is 0 Å². The normalized spacial score (nSPS) is 18.2. The first-order chi connectivity index (χ1) is 12.3. The molecule has 3 rings (SSSR count). The van der Waals surface area contributed by atoms with E-state index >= 15 is 0 Å². The van der Waals surface area contributed by atoms with Crippen LogP contribution in [0.4, 0.5) is 0 Å². The summed E-state index contributed by atoms with van der Waals surface area (Å²) in [6.45, 7) is 7.28. The van der Waals surface area contributed by atoms with Crippen LogP contribution in [0.5, 0.6) is 11.5 Å². The Morgan fingerprint density at radius 3 is 3.00 bits per heavy atom. The number of hydrogen-bond acceptors (Lipinski definition) is 4. The maximum Gasteiger partial charge on any atom is 0.122 e. The van der Waals surface area contributed by atoms with Gasteiger partial charge in [0.15, 0.2) is 0 Å². The molecule has 0 saturated carbocycles. The van der Waals surface area contributed by atoms with Gasteiger partial charge in [-0.2, -0.15) is 0 Å². The van der Waals surface area contributed by atoms with Crippen LogP contribution < -0.4 is 9.47 Å². The first-order valence-corrected chi connectivity index (χ1v) is 9.30. The summed E-state index contributed by atoms with van der Waals surface area (Å²) in [7, 11) is 1.68. The van der Waals surface area contributed by atoms with Crippen LogP contribution >= 0.6 is 0 Å². The number of methoxy groups -OCH3 is 1. The molecule has 5 heteroatoms. The van der Waals surface area contributed by atoms with Crippen LogP contribution in [0.3, 0.4) is 0 Å². The third-order valence-corrected chi connectivity index (χ3v) is 4.89. The lowest BCUT2D eigenvalue weighted by Crippen LogP contribution is -2.36. The molecular formula is C20H29N3O2. The zero-order valence-corrected chi connectivity index (χ0v) is 15.4. The molecule has 0 radical (unpaired) electrons. The van der Waals surface area contributed by atoms with Gasteiger partial charge in [-0.05, 0) is 44.9 Å². The number of nitrogens with zero attached hydrogens (tertiary/aromatic N) is 3. The van der Waals surface area contributed by atoms with Crippen LogP contribution in [0.2, 0.25) is 0 Å². The standard InChI is InChI=1S/C20H29N3O2/c1-3-23-13-10-21-20(23)17-7-5-11-22(16-17)12-6-14-25-19-9-4-8-18(15-19)24-2/h4,8-10,13,15,17H,3,5-7,11-12,14,16H2,1-2H3/t17-/m1/s1. The lowest BCUT2D eigenvalue weighted by Gasteiger charge is -2.32. The highest BCUT2D eigenvalue weighted by atomic mass is 16.5. The number of ether oxygens (including phenoxy) is 2. The molecule has 1 atom stereocenters. The van der Waals surface area contributed by atoms with Gasteiger partial charge in [-0.25, -0.2) is 4.98 Å². The Morgan fingerprint density at radius 1 is 1.28 bits per heavy atom. The molecule has 2 aromatic rings. The van der Waals surface area contributed by atoms with Crippen LogP contribution in [-0.4, -0.2) is 47.8 Å². The molecule has 1 saturated heterocycles. The van der Waals surface area contributed by atoms with Crippen molar-refractivity contribution in [3.63, 3.8) is 0 Å². The minimum atomic E-state index is 0.558. The van der Waals surface area contributed by atoms with Crippen LogP contribution in [-0.2, 0) is 6.54 Å². The van der Waals surface area contributed by atoms with E-state index < -0.39 is 0 Å². The average Bonchev–Trinajstić information content (AvgIpc) is 3.14. The maximum absolute atomic E-state index is 5.85. The van der Waals surface area contributed by atoms with Crippen molar-refractivity contribution in [3.8, 4) is 11.5 Å². The van der Waals surface area contributed by atoms with Crippen molar-refractivity contribution >= 4 is 0 Å². The summed E-state index contributed by atoms with van der Waals surface area (Å²) in [5, 5.41) is 0. The van der Waals surface area contributed by atoms with Gasteiger partial charge in [-0.15, -0.1) is 0 Å². The number of rotatable bonds is 8. The summed E-state index contributed by atoms with van der Waals surface area (Å²) in [6.07, 6.45) is 7.55. The summed E-state index contributed by atoms with van der Waals surface area (Å²) in [4.78, 5) is 7.15. The van der Waals surface area contributed by atoms with Crippen molar-refractivity contribution in [2.45, 2.75) is 38.6 Å². The van der Waals surface area contributed by atoms with E-state index in [1.807, 2.05) is 30.5 Å². The monoisotopic (exact) mass is 343 g/mol. The van der Waals surface area contributed by atoms with E-state index in [1.54, 1.807) is 7.11 Å². The summed E-state index contributed by atoms with van der Waals surface area (Å²) in [5.41, 5.74) is 0. The Kier molecular flexibility index (Phi) is 6.34. The third-order valence-electron chi connectivity index (χ3n) is 4.89. The van der Waals surface area contributed by atoms with E-state index in [-0.39, 0.29) is 0 Å². The second-order valence-electron chi connectivity index (χ2n) is 6.59. The van der Waals surface area contributed by atoms with Crippen LogP contribution in [0.15, 0.2) is 36.7 Å². The molecule has 0 amide bonds. The molecule has 0 spiro atoms. The number of imidazole rings is 1. The fraction of sp³-hybridized carbons (Fsp3) is 0.550. The second kappa shape index (κ2) is 8.90. The average molecular weight is 343 g/mol. The van der Waals surface area contributed by atoms with Crippen molar-refractivity contribution < 1.29 is 9.47 Å². The smallest absolute Gasteiger partial charge is 0.122 e. The fourth-order valence-electron chi connectivity index (χ4n) is 3.59. The van der Waals surface area contributed by atoms with Crippen molar-refractivity contribution in [1.82, 2.24) is 14.5 Å². The lowest BCUT2D eigenvalue weighted by molar-refractivity contribution is 0.185. The van der Waals surface area contributed by atoms with Gasteiger partial charge in [0, 0.05) is 44.0 Å². The molecule has 1 fully saturated rings. The van der Waals surface area contributed by atoms with Gasteiger partial charge < -0.3 is 18.9 Å². The minimum Gasteiger partial charge on any atom is -0.497 e. The van der Waals surface area contributed by atoms with Crippen molar-refractivity contribution in [3.05, 3.63) is 42.5 Å². The fourth-order valence-corrected chi connectivity index (χ4v) is 3.59. The number of aromatic nitrogens is 2. The van der Waals surface area contributed by atoms with E-state index in [2.05, 4.69) is 27.6 Å². The van der Waals surface area contributed by atoms with Crippen LogP contribution in [0.25, 0.3) is 0 Å². The molecule has 1 aliphatic heterocycles. The molecule has 0 bridgehead atoms. The lowest BCUT2D eigenvalue weighted by atomic mass is 9.97. The molecule has 5 nitrogen and oxygen atoms in total. The molecule has 1 aliphatic rings. The Morgan fingerprint density at radius 2 is 2.16 bits per heavy atom. The SMILES string of the molecule is CCn1ccnc1[C@@H]1CCCN(CCCOc2cccc(OC)c2)C1. The summed E-state index contributed by atoms with van der Waals surface area (Å²) < 4.78 is 13.4. The van der Waals surface area contributed by atoms with E-state index in [0.717, 1.165) is 44.2 Å². The topological polar surface area (TPSA) is 39.5 Å². The molecule has 25 heavy (non-hydrogen) atoms. The predicted molar refractivity (Wildman–Crippen MR) is 99.4 cm³/mol. The van der Waals surface area contributed by atoms with Crippen molar-refractivity contribution in [2.24, 2.45) is 0 Å². The Hall–Kier alpha value is -2.01. The quantitative estimate of drug-likeness (QED) is 0.687. The first-order valence-electron chi connectivity index (χ1n) is 9.30. The summed E-state index contributed by atoms with van der Waals surface area (Å²) in [6, 6.07) is 7.80. The first kappa shape index (κ1) is 17.8. The highest BCUT2D eigenvalue weighted by Gasteiger charge is 2.24. The number of likely N-dealkylation sites (tertiary alicyclic amines) is 1. The molecule has 0 N–H and O–H groups in total. The third kappa shape index (κ3) is 4.75. The molecule has 1 aromatic heterocycles. The minimum absolute atomic E-state index is 0.558. The molecule has 1 aromatic carbocycles. The van der Waals surface area contributed by atoms with Gasteiger partial charge in [0.05, 0.1) is 13.7 Å². The van der Waals surface area contributed by atoms with Crippen molar-refractivity contribution in [2.75, 3.05) is 33.4 Å². The second-order valence-corrected chi connectivity index (χ2v) is 6.59. The largest absolute Gasteiger partial charge is 0.497 e. The van der Waals surface area contributed by atoms with Crippen molar-refractivity contribution in [1.29, 1.82) is 0 Å². The van der Waals surface area contributed by atoms with E-state index in [4.69, 9.17) is 9.47 Å². The summed E-state index contributed by atoms with van der Waals surface area (Å²) in [5.74, 6) is 3.52.